The smallest absolute Gasteiger partial charge is 0.335 e. The van der Waals surface area contributed by atoms with E-state index in [1.54, 1.807) is 54.6 Å². The van der Waals surface area contributed by atoms with Gasteiger partial charge < -0.3 is 14.2 Å². The molecule has 1 fully saturated rings. The largest absolute Gasteiger partial charge is 0.493 e. The molecule has 0 unspecified atom stereocenters. The number of anilines is 1. The van der Waals surface area contributed by atoms with E-state index >= 15 is 0 Å². The number of imide groups is 2. The Hall–Kier alpha value is -5.44. The molecule has 4 aromatic rings. The zero-order valence-corrected chi connectivity index (χ0v) is 22.0. The zero-order valence-electron chi connectivity index (χ0n) is 22.0. The van der Waals surface area contributed by atoms with E-state index in [0.29, 0.717) is 29.4 Å². The number of carbonyl (C=O) groups excluding carboxylic acids is 3. The van der Waals surface area contributed by atoms with Crippen molar-refractivity contribution in [3.05, 3.63) is 125 Å². The Morgan fingerprint density at radius 2 is 1.46 bits per heavy atom. The van der Waals surface area contributed by atoms with Gasteiger partial charge in [-0.25, -0.2) is 14.1 Å². The number of methoxy groups -OCH3 is 1. The molecular weight excluding hydrogens is 527 g/mol. The number of barbiturate groups is 1. The summed E-state index contributed by atoms with van der Waals surface area (Å²) >= 11 is 0. The van der Waals surface area contributed by atoms with E-state index in [4.69, 9.17) is 14.2 Å². The number of nitrogens with one attached hydrogen (secondary N) is 1. The highest BCUT2D eigenvalue weighted by molar-refractivity contribution is 6.39. The average Bonchev–Trinajstić information content (AvgIpc) is 2.99. The Morgan fingerprint density at radius 3 is 2.17 bits per heavy atom. The second-order valence-electron chi connectivity index (χ2n) is 9.05. The highest BCUT2D eigenvalue weighted by atomic mass is 19.1. The summed E-state index contributed by atoms with van der Waals surface area (Å²) in [7, 11) is 1.46. The predicted molar refractivity (Wildman–Crippen MR) is 150 cm³/mol. The number of halogens is 1. The van der Waals surface area contributed by atoms with Crippen LogP contribution in [0.5, 0.6) is 17.2 Å². The minimum atomic E-state index is -0.850. The number of nitrogens with zero attached hydrogens (tertiary/aromatic N) is 1. The lowest BCUT2D eigenvalue weighted by Gasteiger charge is -2.26. The number of urea groups is 1. The molecule has 0 atom stereocenters. The number of amides is 4. The summed E-state index contributed by atoms with van der Waals surface area (Å²) < 4.78 is 30.2. The molecule has 0 spiro atoms. The molecule has 1 saturated heterocycles. The minimum absolute atomic E-state index is 0.186. The summed E-state index contributed by atoms with van der Waals surface area (Å²) in [6.07, 6.45) is 1.38. The van der Waals surface area contributed by atoms with Crippen molar-refractivity contribution in [1.82, 2.24) is 5.32 Å². The van der Waals surface area contributed by atoms with Crippen molar-refractivity contribution >= 4 is 29.6 Å². The second-order valence-corrected chi connectivity index (χ2v) is 9.05. The van der Waals surface area contributed by atoms with Gasteiger partial charge in [0.25, 0.3) is 11.8 Å². The van der Waals surface area contributed by atoms with Crippen molar-refractivity contribution < 1.29 is 33.0 Å². The van der Waals surface area contributed by atoms with Crippen molar-refractivity contribution in [3.63, 3.8) is 0 Å². The Labute approximate surface area is 235 Å². The molecule has 206 valence electrons. The van der Waals surface area contributed by atoms with Crippen LogP contribution < -0.4 is 24.4 Å². The van der Waals surface area contributed by atoms with Crippen molar-refractivity contribution in [2.45, 2.75) is 13.2 Å². The monoisotopic (exact) mass is 552 g/mol. The standard InChI is InChI=1S/C32H25FN2O6/c1-39-29-18-23(9-16-28(29)41-20-22-7-10-24(33)11-8-22)17-27-30(36)34-32(38)35(31(27)37)25-12-14-26(15-13-25)40-19-21-5-3-2-4-6-21/h2-18H,19-20H2,1H3,(H,34,36,38)/b27-17+. The molecule has 41 heavy (non-hydrogen) atoms. The third kappa shape index (κ3) is 6.42. The zero-order chi connectivity index (χ0) is 28.8. The van der Waals surface area contributed by atoms with Gasteiger partial charge in [-0.2, -0.15) is 0 Å². The number of rotatable bonds is 9. The molecule has 1 heterocycles. The number of ether oxygens (including phenoxy) is 3. The minimum Gasteiger partial charge on any atom is -0.493 e. The molecule has 0 bridgehead atoms. The van der Waals surface area contributed by atoms with Crippen LogP contribution in [0.25, 0.3) is 6.08 Å². The van der Waals surface area contributed by atoms with E-state index in [1.807, 2.05) is 30.3 Å². The topological polar surface area (TPSA) is 94.2 Å². The van der Waals surface area contributed by atoms with Gasteiger partial charge in [0, 0.05) is 0 Å². The number of benzene rings is 4. The Balaban J connectivity index is 1.31. The summed E-state index contributed by atoms with van der Waals surface area (Å²) in [5.41, 5.74) is 2.30. The lowest BCUT2D eigenvalue weighted by Crippen LogP contribution is -2.54. The quantitative estimate of drug-likeness (QED) is 0.213. The van der Waals surface area contributed by atoms with E-state index < -0.39 is 17.8 Å². The third-order valence-electron chi connectivity index (χ3n) is 6.25. The summed E-state index contributed by atoms with van der Waals surface area (Å²) in [6, 6.07) is 26.1. The Bertz CT molecular complexity index is 1600. The van der Waals surface area contributed by atoms with Crippen molar-refractivity contribution in [2.24, 2.45) is 0 Å². The molecule has 4 aromatic carbocycles. The van der Waals surface area contributed by atoms with E-state index in [2.05, 4.69) is 5.32 Å². The van der Waals surface area contributed by atoms with Crippen LogP contribution in [0.4, 0.5) is 14.9 Å². The lowest BCUT2D eigenvalue weighted by atomic mass is 10.1. The van der Waals surface area contributed by atoms with Crippen molar-refractivity contribution in [3.8, 4) is 17.2 Å². The van der Waals surface area contributed by atoms with E-state index in [-0.39, 0.29) is 23.7 Å². The Kier molecular flexibility index (Phi) is 8.05. The number of hydrogen-bond donors (Lipinski definition) is 1. The molecule has 0 aliphatic carbocycles. The van der Waals surface area contributed by atoms with Crippen LogP contribution in [0, 0.1) is 5.82 Å². The van der Waals surface area contributed by atoms with Gasteiger partial charge in [-0.15, -0.1) is 0 Å². The van der Waals surface area contributed by atoms with Crippen LogP contribution in [0.3, 0.4) is 0 Å². The molecule has 5 rings (SSSR count). The number of carbonyl (C=O) groups is 3. The second kappa shape index (κ2) is 12.2. The van der Waals surface area contributed by atoms with Crippen molar-refractivity contribution in [2.75, 3.05) is 12.0 Å². The molecule has 0 radical (unpaired) electrons. The molecule has 1 aliphatic rings. The Morgan fingerprint density at radius 1 is 0.780 bits per heavy atom. The maximum absolute atomic E-state index is 13.3. The molecule has 0 aromatic heterocycles. The van der Waals surface area contributed by atoms with Gasteiger partial charge in [-0.1, -0.05) is 48.5 Å². The van der Waals surface area contributed by atoms with Gasteiger partial charge in [-0.3, -0.25) is 14.9 Å². The SMILES string of the molecule is COc1cc(/C=C2\C(=O)NC(=O)N(c3ccc(OCc4ccccc4)cc3)C2=O)ccc1OCc1ccc(F)cc1. The highest BCUT2D eigenvalue weighted by Crippen LogP contribution is 2.31. The van der Waals surface area contributed by atoms with Gasteiger partial charge in [0.2, 0.25) is 0 Å². The summed E-state index contributed by atoms with van der Waals surface area (Å²) in [4.78, 5) is 39.5. The van der Waals surface area contributed by atoms with Crippen LogP contribution in [0.1, 0.15) is 16.7 Å². The van der Waals surface area contributed by atoms with Gasteiger partial charge in [-0.05, 0) is 71.3 Å². The van der Waals surface area contributed by atoms with Crippen LogP contribution in [-0.2, 0) is 22.8 Å². The first-order chi connectivity index (χ1) is 19.9. The van der Waals surface area contributed by atoms with Gasteiger partial charge in [0.05, 0.1) is 12.8 Å². The van der Waals surface area contributed by atoms with Crippen LogP contribution in [0.2, 0.25) is 0 Å². The number of hydrogen-bond acceptors (Lipinski definition) is 6. The van der Waals surface area contributed by atoms with Gasteiger partial charge in [0.15, 0.2) is 11.5 Å². The maximum atomic E-state index is 13.3. The summed E-state index contributed by atoms with van der Waals surface area (Å²) in [6.45, 7) is 0.551. The van der Waals surface area contributed by atoms with E-state index in [9.17, 15) is 18.8 Å². The van der Waals surface area contributed by atoms with Gasteiger partial charge in [0.1, 0.15) is 30.4 Å². The third-order valence-corrected chi connectivity index (χ3v) is 6.25. The first-order valence-corrected chi connectivity index (χ1v) is 12.6. The molecule has 0 saturated carbocycles. The van der Waals surface area contributed by atoms with E-state index in [1.165, 1.54) is 25.3 Å². The first-order valence-electron chi connectivity index (χ1n) is 12.6. The predicted octanol–water partition coefficient (Wildman–Crippen LogP) is 5.66. The molecule has 9 heteroatoms. The fraction of sp³-hybridized carbons (Fsp3) is 0.0938. The molecular formula is C32H25FN2O6. The molecule has 4 amide bonds. The van der Waals surface area contributed by atoms with Crippen molar-refractivity contribution in [1.29, 1.82) is 0 Å². The van der Waals surface area contributed by atoms with Crippen LogP contribution in [-0.4, -0.2) is 25.0 Å². The molecule has 8 nitrogen and oxygen atoms in total. The molecule has 1 aliphatic heterocycles. The van der Waals surface area contributed by atoms with E-state index in [0.717, 1.165) is 16.0 Å². The fourth-order valence-electron chi connectivity index (χ4n) is 4.13. The van der Waals surface area contributed by atoms with Gasteiger partial charge >= 0.3 is 6.03 Å². The average molecular weight is 553 g/mol. The normalized spacial score (nSPS) is 14.1. The summed E-state index contributed by atoms with van der Waals surface area (Å²) in [5, 5.41) is 2.22. The highest BCUT2D eigenvalue weighted by Gasteiger charge is 2.36. The summed E-state index contributed by atoms with van der Waals surface area (Å²) in [5.74, 6) is -0.575. The van der Waals surface area contributed by atoms with Crippen LogP contribution in [0.15, 0.2) is 103 Å². The molecule has 1 N–H and O–H groups in total. The first kappa shape index (κ1) is 27.1. The van der Waals surface area contributed by atoms with Crippen LogP contribution >= 0.6 is 0 Å². The lowest BCUT2D eigenvalue weighted by molar-refractivity contribution is -0.122. The fourth-order valence-corrected chi connectivity index (χ4v) is 4.13. The maximum Gasteiger partial charge on any atom is 0.335 e.